The first-order chi connectivity index (χ1) is 7.06. The van der Waals surface area contributed by atoms with E-state index in [-0.39, 0.29) is 5.41 Å². The first kappa shape index (κ1) is 11.4. The van der Waals surface area contributed by atoms with Gasteiger partial charge in [0.25, 0.3) is 0 Å². The lowest BCUT2D eigenvalue weighted by atomic mass is 9.59. The van der Waals surface area contributed by atoms with Crippen LogP contribution in [0.2, 0.25) is 0 Å². The van der Waals surface area contributed by atoms with Gasteiger partial charge >= 0.3 is 0 Å². The van der Waals surface area contributed by atoms with E-state index in [0.717, 1.165) is 32.5 Å². The molecule has 1 N–H and O–H groups in total. The minimum Gasteiger partial charge on any atom is -0.389 e. The van der Waals surface area contributed by atoms with Crippen LogP contribution >= 0.6 is 0 Å². The molecule has 1 saturated heterocycles. The van der Waals surface area contributed by atoms with Gasteiger partial charge in [-0.25, -0.2) is 0 Å². The summed E-state index contributed by atoms with van der Waals surface area (Å²) in [6.07, 6.45) is 6.71. The number of aliphatic hydroxyl groups is 1. The second-order valence-electron chi connectivity index (χ2n) is 5.90. The molecular weight excluding hydrogens is 188 g/mol. The minimum atomic E-state index is -0.435. The third-order valence-corrected chi connectivity index (χ3v) is 4.68. The van der Waals surface area contributed by atoms with E-state index in [4.69, 9.17) is 4.74 Å². The van der Waals surface area contributed by atoms with E-state index in [1.54, 1.807) is 0 Å². The summed E-state index contributed by atoms with van der Waals surface area (Å²) in [4.78, 5) is 0. The first-order valence-electron chi connectivity index (χ1n) is 6.36. The summed E-state index contributed by atoms with van der Waals surface area (Å²) in [5, 5.41) is 11.0. The zero-order valence-electron chi connectivity index (χ0n) is 10.1. The van der Waals surface area contributed by atoms with Crippen LogP contribution in [-0.4, -0.2) is 23.9 Å². The van der Waals surface area contributed by atoms with Crippen molar-refractivity contribution in [3.8, 4) is 0 Å². The van der Waals surface area contributed by atoms with Crippen LogP contribution in [0.25, 0.3) is 0 Å². The number of hydrogen-bond donors (Lipinski definition) is 1. The van der Waals surface area contributed by atoms with E-state index in [1.807, 2.05) is 0 Å². The van der Waals surface area contributed by atoms with E-state index in [1.165, 1.54) is 19.3 Å². The largest absolute Gasteiger partial charge is 0.389 e. The summed E-state index contributed by atoms with van der Waals surface area (Å²) < 4.78 is 5.39. The van der Waals surface area contributed by atoms with Crippen molar-refractivity contribution in [2.75, 3.05) is 13.2 Å². The van der Waals surface area contributed by atoms with Gasteiger partial charge in [0, 0.05) is 13.2 Å². The molecule has 0 aromatic rings. The van der Waals surface area contributed by atoms with Gasteiger partial charge in [-0.3, -0.25) is 0 Å². The van der Waals surface area contributed by atoms with Crippen LogP contribution in [0.3, 0.4) is 0 Å². The van der Waals surface area contributed by atoms with Gasteiger partial charge in [0.2, 0.25) is 0 Å². The molecule has 2 nitrogen and oxygen atoms in total. The topological polar surface area (TPSA) is 29.5 Å². The Morgan fingerprint density at radius 3 is 2.27 bits per heavy atom. The van der Waals surface area contributed by atoms with E-state index in [0.29, 0.717) is 5.92 Å². The fourth-order valence-electron chi connectivity index (χ4n) is 3.45. The predicted octanol–water partition coefficient (Wildman–Crippen LogP) is 2.74. The SMILES string of the molecule is CC1(C)CCCCC1(O)C1CCOCC1. The van der Waals surface area contributed by atoms with Crippen molar-refractivity contribution in [2.24, 2.45) is 11.3 Å². The maximum atomic E-state index is 11.0. The molecule has 0 aromatic carbocycles. The molecule has 0 radical (unpaired) electrons. The molecule has 0 aromatic heterocycles. The zero-order valence-corrected chi connectivity index (χ0v) is 10.1. The van der Waals surface area contributed by atoms with Crippen molar-refractivity contribution in [1.29, 1.82) is 0 Å². The van der Waals surface area contributed by atoms with Crippen LogP contribution < -0.4 is 0 Å². The second-order valence-corrected chi connectivity index (χ2v) is 5.90. The molecule has 1 unspecified atom stereocenters. The Hall–Kier alpha value is -0.0800. The molecule has 1 aliphatic carbocycles. The standard InChI is InChI=1S/C13H24O2/c1-12(2)7-3-4-8-13(12,14)11-5-9-15-10-6-11/h11,14H,3-10H2,1-2H3. The van der Waals surface area contributed by atoms with Crippen molar-refractivity contribution in [3.63, 3.8) is 0 Å². The van der Waals surface area contributed by atoms with Gasteiger partial charge in [-0.05, 0) is 37.0 Å². The molecule has 0 spiro atoms. The first-order valence-corrected chi connectivity index (χ1v) is 6.36. The molecule has 1 aliphatic heterocycles. The Morgan fingerprint density at radius 2 is 1.67 bits per heavy atom. The molecule has 15 heavy (non-hydrogen) atoms. The quantitative estimate of drug-likeness (QED) is 0.724. The van der Waals surface area contributed by atoms with Gasteiger partial charge in [0.05, 0.1) is 5.60 Å². The Kier molecular flexibility index (Phi) is 3.09. The molecule has 1 atom stereocenters. The van der Waals surface area contributed by atoms with Gasteiger partial charge in [-0.15, -0.1) is 0 Å². The lowest BCUT2D eigenvalue weighted by Crippen LogP contribution is -2.54. The van der Waals surface area contributed by atoms with Gasteiger partial charge in [-0.2, -0.15) is 0 Å². The normalized spacial score (nSPS) is 37.8. The highest BCUT2D eigenvalue weighted by Gasteiger charge is 2.50. The lowest BCUT2D eigenvalue weighted by Gasteiger charge is -2.52. The summed E-state index contributed by atoms with van der Waals surface area (Å²) >= 11 is 0. The Labute approximate surface area is 93.0 Å². The van der Waals surface area contributed by atoms with E-state index < -0.39 is 5.60 Å². The molecule has 0 bridgehead atoms. The summed E-state index contributed by atoms with van der Waals surface area (Å²) in [6, 6.07) is 0. The molecule has 88 valence electrons. The van der Waals surface area contributed by atoms with Gasteiger partial charge in [0.15, 0.2) is 0 Å². The molecule has 2 aliphatic rings. The maximum absolute atomic E-state index is 11.0. The zero-order chi connectivity index (χ0) is 10.9. The monoisotopic (exact) mass is 212 g/mol. The fourth-order valence-corrected chi connectivity index (χ4v) is 3.45. The molecular formula is C13H24O2. The smallest absolute Gasteiger partial charge is 0.0728 e. The molecule has 1 saturated carbocycles. The van der Waals surface area contributed by atoms with E-state index in [9.17, 15) is 5.11 Å². The third-order valence-electron chi connectivity index (χ3n) is 4.68. The van der Waals surface area contributed by atoms with Crippen LogP contribution in [0, 0.1) is 11.3 Å². The average molecular weight is 212 g/mol. The van der Waals surface area contributed by atoms with Crippen molar-refractivity contribution < 1.29 is 9.84 Å². The van der Waals surface area contributed by atoms with Crippen molar-refractivity contribution in [1.82, 2.24) is 0 Å². The van der Waals surface area contributed by atoms with Crippen LogP contribution in [0.5, 0.6) is 0 Å². The Balaban J connectivity index is 2.14. The predicted molar refractivity (Wildman–Crippen MR) is 60.7 cm³/mol. The van der Waals surface area contributed by atoms with Crippen molar-refractivity contribution in [2.45, 2.75) is 58.0 Å². The number of ether oxygens (including phenoxy) is 1. The van der Waals surface area contributed by atoms with Crippen LogP contribution in [0.4, 0.5) is 0 Å². The highest BCUT2D eigenvalue weighted by molar-refractivity contribution is 5.01. The van der Waals surface area contributed by atoms with Gasteiger partial charge in [-0.1, -0.05) is 26.7 Å². The summed E-state index contributed by atoms with van der Waals surface area (Å²) in [5.41, 5.74) is -0.345. The number of rotatable bonds is 1. The Morgan fingerprint density at radius 1 is 1.07 bits per heavy atom. The maximum Gasteiger partial charge on any atom is 0.0728 e. The summed E-state index contributed by atoms with van der Waals surface area (Å²) in [7, 11) is 0. The minimum absolute atomic E-state index is 0.0905. The van der Waals surface area contributed by atoms with Crippen molar-refractivity contribution in [3.05, 3.63) is 0 Å². The molecule has 1 heterocycles. The van der Waals surface area contributed by atoms with Gasteiger partial charge < -0.3 is 9.84 Å². The van der Waals surface area contributed by atoms with E-state index in [2.05, 4.69) is 13.8 Å². The molecule has 2 fully saturated rings. The molecule has 0 amide bonds. The summed E-state index contributed by atoms with van der Waals surface area (Å²) in [5.74, 6) is 0.460. The second kappa shape index (κ2) is 4.06. The lowest BCUT2D eigenvalue weighted by molar-refractivity contribution is -0.158. The fraction of sp³-hybridized carbons (Fsp3) is 1.00. The molecule has 2 heteroatoms. The highest BCUT2D eigenvalue weighted by Crippen LogP contribution is 2.50. The number of hydrogen-bond acceptors (Lipinski definition) is 2. The van der Waals surface area contributed by atoms with Crippen LogP contribution in [-0.2, 0) is 4.74 Å². The van der Waals surface area contributed by atoms with Crippen LogP contribution in [0.1, 0.15) is 52.4 Å². The van der Waals surface area contributed by atoms with Gasteiger partial charge in [0.1, 0.15) is 0 Å². The van der Waals surface area contributed by atoms with Crippen LogP contribution in [0.15, 0.2) is 0 Å². The average Bonchev–Trinajstić information content (AvgIpc) is 2.24. The highest BCUT2D eigenvalue weighted by atomic mass is 16.5. The summed E-state index contributed by atoms with van der Waals surface area (Å²) in [6.45, 7) is 6.15. The Bertz CT molecular complexity index is 219. The van der Waals surface area contributed by atoms with Crippen molar-refractivity contribution >= 4 is 0 Å². The third kappa shape index (κ3) is 1.94. The molecule has 2 rings (SSSR count). The van der Waals surface area contributed by atoms with E-state index >= 15 is 0 Å².